The molecule has 0 amide bonds. The van der Waals surface area contributed by atoms with Crippen LogP contribution in [0.25, 0.3) is 60.7 Å². The van der Waals surface area contributed by atoms with E-state index in [1.54, 1.807) is 11.3 Å². The minimum absolute atomic E-state index is 0.570. The average Bonchev–Trinajstić information content (AvgIpc) is 3.32. The van der Waals surface area contributed by atoms with Crippen LogP contribution in [0.1, 0.15) is 24.6 Å². The van der Waals surface area contributed by atoms with Crippen molar-refractivity contribution in [3.63, 3.8) is 0 Å². The first kappa shape index (κ1) is 22.6. The van der Waals surface area contributed by atoms with E-state index >= 15 is 0 Å². The Bertz CT molecular complexity index is 1870. The van der Waals surface area contributed by atoms with E-state index in [9.17, 15) is 0 Å². The van der Waals surface area contributed by atoms with E-state index in [2.05, 4.69) is 74.0 Å². The van der Waals surface area contributed by atoms with Gasteiger partial charge in [-0.25, -0.2) is 9.97 Å². The van der Waals surface area contributed by atoms with E-state index in [4.69, 9.17) is 4.98 Å². The van der Waals surface area contributed by atoms with Crippen molar-refractivity contribution in [3.8, 4) is 33.1 Å². The molecular formula is C30H25N7S. The van der Waals surface area contributed by atoms with Gasteiger partial charge < -0.3 is 10.3 Å². The molecule has 0 radical (unpaired) electrons. The second kappa shape index (κ2) is 8.78. The number of pyridine rings is 3. The molecule has 0 atom stereocenters. The highest BCUT2D eigenvalue weighted by Gasteiger charge is 2.24. The number of aromatic nitrogens is 6. The van der Waals surface area contributed by atoms with Crippen LogP contribution in [0.5, 0.6) is 0 Å². The Morgan fingerprint density at radius 2 is 1.97 bits per heavy atom. The van der Waals surface area contributed by atoms with Gasteiger partial charge in [-0.05, 0) is 73.7 Å². The summed E-state index contributed by atoms with van der Waals surface area (Å²) in [5.41, 5.74) is 10.0. The third-order valence-corrected chi connectivity index (χ3v) is 8.18. The van der Waals surface area contributed by atoms with Crippen molar-refractivity contribution in [2.24, 2.45) is 5.92 Å². The standard InChI is InChI=1S/C30H25N7S/c1-16(2)26-8-9-27(38-26)21-10-11-32-30-22(21)13-25(35-30)29-28-24(36-37-29)7-6-23(34-28)19-12-20(15-31-14-19)33-17(3)18-4-5-18/h6-15,18,33H,1,3-5H2,2H3,(H,32,35)(H,36,37). The Morgan fingerprint density at radius 3 is 2.79 bits per heavy atom. The fraction of sp³-hybridized carbons (Fsp3) is 0.133. The molecule has 1 saturated carbocycles. The Morgan fingerprint density at radius 1 is 1.08 bits per heavy atom. The molecule has 1 aliphatic carbocycles. The quantitative estimate of drug-likeness (QED) is 0.203. The van der Waals surface area contributed by atoms with Crippen molar-refractivity contribution in [2.75, 3.05) is 5.32 Å². The lowest BCUT2D eigenvalue weighted by atomic mass is 10.1. The van der Waals surface area contributed by atoms with Crippen LogP contribution in [0, 0.1) is 5.92 Å². The maximum Gasteiger partial charge on any atom is 0.138 e. The Hall–Kier alpha value is -4.56. The van der Waals surface area contributed by atoms with Gasteiger partial charge in [-0.1, -0.05) is 13.2 Å². The zero-order valence-corrected chi connectivity index (χ0v) is 21.7. The molecule has 6 aromatic heterocycles. The lowest BCUT2D eigenvalue weighted by molar-refractivity contribution is 1.02. The lowest BCUT2D eigenvalue weighted by Crippen LogP contribution is -2.00. The zero-order chi connectivity index (χ0) is 25.8. The number of thiophene rings is 1. The van der Waals surface area contributed by atoms with Crippen LogP contribution in [0.4, 0.5) is 5.69 Å². The monoisotopic (exact) mass is 515 g/mol. The first-order valence-corrected chi connectivity index (χ1v) is 13.4. The van der Waals surface area contributed by atoms with Crippen LogP contribution >= 0.6 is 11.3 Å². The maximum atomic E-state index is 4.99. The van der Waals surface area contributed by atoms with E-state index < -0.39 is 0 Å². The molecule has 0 unspecified atom stereocenters. The van der Waals surface area contributed by atoms with Gasteiger partial charge in [-0.2, -0.15) is 5.10 Å². The SMILES string of the molecule is C=C(C)c1ccc(-c2ccnc3[nH]c(-c4n[nH]c5ccc(-c6cncc(NC(=C)C7CC7)c6)nc45)cc23)s1. The van der Waals surface area contributed by atoms with Crippen molar-refractivity contribution >= 4 is 44.7 Å². The van der Waals surface area contributed by atoms with Gasteiger partial charge in [0.05, 0.1) is 28.8 Å². The van der Waals surface area contributed by atoms with Crippen LogP contribution in [-0.4, -0.2) is 30.1 Å². The summed E-state index contributed by atoms with van der Waals surface area (Å²) in [4.78, 5) is 19.8. The second-order valence-electron chi connectivity index (χ2n) is 9.80. The average molecular weight is 516 g/mol. The van der Waals surface area contributed by atoms with Crippen molar-refractivity contribution in [2.45, 2.75) is 19.8 Å². The maximum absolute atomic E-state index is 4.99. The number of aromatic amines is 2. The highest BCUT2D eigenvalue weighted by molar-refractivity contribution is 7.16. The van der Waals surface area contributed by atoms with Crippen LogP contribution in [0.15, 0.2) is 79.9 Å². The molecule has 38 heavy (non-hydrogen) atoms. The van der Waals surface area contributed by atoms with Gasteiger partial charge in [0.2, 0.25) is 0 Å². The smallest absolute Gasteiger partial charge is 0.138 e. The van der Waals surface area contributed by atoms with E-state index in [-0.39, 0.29) is 0 Å². The van der Waals surface area contributed by atoms with Gasteiger partial charge in [-0.3, -0.25) is 10.1 Å². The van der Waals surface area contributed by atoms with Gasteiger partial charge in [0.15, 0.2) is 0 Å². The number of allylic oxidation sites excluding steroid dienone is 2. The summed E-state index contributed by atoms with van der Waals surface area (Å²) >= 11 is 1.74. The van der Waals surface area contributed by atoms with Gasteiger partial charge >= 0.3 is 0 Å². The molecule has 0 saturated heterocycles. The summed E-state index contributed by atoms with van der Waals surface area (Å²) in [5, 5.41) is 12.2. The van der Waals surface area contributed by atoms with Gasteiger partial charge in [0.25, 0.3) is 0 Å². The predicted octanol–water partition coefficient (Wildman–Crippen LogP) is 7.66. The molecule has 6 aromatic rings. The summed E-state index contributed by atoms with van der Waals surface area (Å²) in [7, 11) is 0. The topological polar surface area (TPSA) is 95.2 Å². The fourth-order valence-electron chi connectivity index (χ4n) is 4.70. The number of hydrogen-bond acceptors (Lipinski definition) is 6. The molecule has 7 nitrogen and oxygen atoms in total. The molecule has 0 spiro atoms. The molecule has 0 aliphatic heterocycles. The number of H-pyrrole nitrogens is 2. The van der Waals surface area contributed by atoms with Crippen LogP contribution < -0.4 is 5.32 Å². The Kier molecular flexibility index (Phi) is 5.23. The molecule has 0 aromatic carbocycles. The zero-order valence-electron chi connectivity index (χ0n) is 20.9. The van der Waals surface area contributed by atoms with Crippen molar-refractivity contribution in [1.29, 1.82) is 0 Å². The molecule has 0 bridgehead atoms. The van der Waals surface area contributed by atoms with Crippen LogP contribution in [0.2, 0.25) is 0 Å². The third kappa shape index (κ3) is 3.99. The molecule has 186 valence electrons. The number of hydrogen-bond donors (Lipinski definition) is 3. The van der Waals surface area contributed by atoms with Crippen molar-refractivity contribution < 1.29 is 0 Å². The predicted molar refractivity (Wildman–Crippen MR) is 156 cm³/mol. The highest BCUT2D eigenvalue weighted by Crippen LogP contribution is 2.38. The molecule has 7 rings (SSSR count). The number of nitrogens with one attached hydrogen (secondary N) is 3. The largest absolute Gasteiger partial charge is 0.358 e. The van der Waals surface area contributed by atoms with Gasteiger partial charge in [-0.15, -0.1) is 11.3 Å². The van der Waals surface area contributed by atoms with Gasteiger partial charge in [0, 0.05) is 44.4 Å². The number of nitrogens with zero attached hydrogens (tertiary/aromatic N) is 4. The summed E-state index contributed by atoms with van der Waals surface area (Å²) in [6.07, 6.45) is 7.89. The number of rotatable bonds is 7. The number of anilines is 1. The van der Waals surface area contributed by atoms with Crippen LogP contribution in [0.3, 0.4) is 0 Å². The van der Waals surface area contributed by atoms with E-state index in [0.717, 1.165) is 67.2 Å². The van der Waals surface area contributed by atoms with E-state index in [1.165, 1.54) is 22.6 Å². The van der Waals surface area contributed by atoms with Crippen molar-refractivity contribution in [3.05, 3.63) is 84.8 Å². The first-order chi connectivity index (χ1) is 18.5. The normalized spacial score (nSPS) is 13.3. The van der Waals surface area contributed by atoms with Crippen molar-refractivity contribution in [1.82, 2.24) is 30.1 Å². The summed E-state index contributed by atoms with van der Waals surface area (Å²) in [6.45, 7) is 10.3. The second-order valence-corrected chi connectivity index (χ2v) is 10.9. The molecule has 6 heterocycles. The number of fused-ring (bicyclic) bond motifs is 2. The summed E-state index contributed by atoms with van der Waals surface area (Å²) in [6, 6.07) is 14.5. The fourth-order valence-corrected chi connectivity index (χ4v) is 5.67. The molecule has 3 N–H and O–H groups in total. The molecular weight excluding hydrogens is 490 g/mol. The highest BCUT2D eigenvalue weighted by atomic mass is 32.1. The minimum atomic E-state index is 0.570. The minimum Gasteiger partial charge on any atom is -0.358 e. The van der Waals surface area contributed by atoms with E-state index in [0.29, 0.717) is 5.92 Å². The molecule has 1 aliphatic rings. The van der Waals surface area contributed by atoms with Gasteiger partial charge in [0.1, 0.15) is 16.9 Å². The Labute approximate surface area is 223 Å². The summed E-state index contributed by atoms with van der Waals surface area (Å²) in [5.74, 6) is 0.570. The molecule has 8 heteroatoms. The first-order valence-electron chi connectivity index (χ1n) is 12.5. The van der Waals surface area contributed by atoms with E-state index in [1.807, 2.05) is 37.6 Å². The lowest BCUT2D eigenvalue weighted by Gasteiger charge is -2.09. The molecule has 1 fully saturated rings. The summed E-state index contributed by atoms with van der Waals surface area (Å²) < 4.78 is 0. The Balaban J connectivity index is 1.27. The third-order valence-electron chi connectivity index (χ3n) is 6.90. The van der Waals surface area contributed by atoms with Crippen LogP contribution in [-0.2, 0) is 0 Å².